The number of rotatable bonds is 3. The zero-order chi connectivity index (χ0) is 13.0. The molecule has 0 spiro atoms. The molecule has 1 aliphatic rings. The number of halogens is 1. The van der Waals surface area contributed by atoms with Crippen LogP contribution in [0.4, 0.5) is 0 Å². The van der Waals surface area contributed by atoms with Crippen LogP contribution in [0, 0.1) is 0 Å². The lowest BCUT2D eigenvalue weighted by molar-refractivity contribution is -0.133. The molecule has 0 radical (unpaired) electrons. The average molecular weight is 269 g/mol. The van der Waals surface area contributed by atoms with Gasteiger partial charge < -0.3 is 9.47 Å². The number of amides is 1. The van der Waals surface area contributed by atoms with Crippen molar-refractivity contribution in [2.75, 3.05) is 12.4 Å². The van der Waals surface area contributed by atoms with Gasteiger partial charge in [0.15, 0.2) is 0 Å². The lowest BCUT2D eigenvalue weighted by Crippen LogP contribution is -2.35. The van der Waals surface area contributed by atoms with Gasteiger partial charge in [0.1, 0.15) is 0 Å². The molecular formula is C14H21ClN2O. The number of aryl methyl sites for hydroxylation is 1. The second-order valence-corrected chi connectivity index (χ2v) is 5.31. The third-order valence-electron chi connectivity index (χ3n) is 3.71. The van der Waals surface area contributed by atoms with E-state index in [9.17, 15) is 4.79 Å². The molecule has 100 valence electrons. The summed E-state index contributed by atoms with van der Waals surface area (Å²) in [7, 11) is 2.05. The van der Waals surface area contributed by atoms with Crippen LogP contribution in [0.2, 0.25) is 0 Å². The highest BCUT2D eigenvalue weighted by molar-refractivity contribution is 6.18. The molecule has 2 heterocycles. The highest BCUT2D eigenvalue weighted by atomic mass is 35.5. The largest absolute Gasteiger partial charge is 0.353 e. The standard InChI is InChI=1S/C14H21ClN2O/c1-16-10-5-7-12(16)13-6-3-2-4-11-17(13)14(18)8-9-15/h5,7,10,13H,2-4,6,8-9,11H2,1H3. The molecular weight excluding hydrogens is 248 g/mol. The summed E-state index contributed by atoms with van der Waals surface area (Å²) in [6, 6.07) is 4.39. The van der Waals surface area contributed by atoms with Gasteiger partial charge in [-0.15, -0.1) is 11.6 Å². The molecule has 1 unspecified atom stereocenters. The van der Waals surface area contributed by atoms with Gasteiger partial charge in [-0.2, -0.15) is 0 Å². The Hall–Kier alpha value is -0.960. The molecule has 0 N–H and O–H groups in total. The van der Waals surface area contributed by atoms with Crippen molar-refractivity contribution in [2.45, 2.75) is 38.1 Å². The number of carbonyl (C=O) groups excluding carboxylic acids is 1. The topological polar surface area (TPSA) is 25.2 Å². The zero-order valence-corrected chi connectivity index (χ0v) is 11.7. The molecule has 1 fully saturated rings. The Bertz CT molecular complexity index is 402. The van der Waals surface area contributed by atoms with Crippen LogP contribution >= 0.6 is 11.6 Å². The van der Waals surface area contributed by atoms with Gasteiger partial charge in [0.2, 0.25) is 5.91 Å². The fourth-order valence-corrected chi connectivity index (χ4v) is 2.92. The van der Waals surface area contributed by atoms with E-state index in [2.05, 4.69) is 10.6 Å². The van der Waals surface area contributed by atoms with Gasteiger partial charge in [-0.3, -0.25) is 4.79 Å². The maximum absolute atomic E-state index is 12.2. The van der Waals surface area contributed by atoms with E-state index in [0.29, 0.717) is 12.3 Å². The summed E-state index contributed by atoms with van der Waals surface area (Å²) in [4.78, 5) is 14.2. The third kappa shape index (κ3) is 2.89. The van der Waals surface area contributed by atoms with Crippen molar-refractivity contribution in [3.8, 4) is 0 Å². The van der Waals surface area contributed by atoms with Crippen LogP contribution in [-0.4, -0.2) is 27.8 Å². The van der Waals surface area contributed by atoms with Crippen LogP contribution in [-0.2, 0) is 11.8 Å². The first-order valence-corrected chi connectivity index (χ1v) is 7.24. The number of hydrogen-bond acceptors (Lipinski definition) is 1. The van der Waals surface area contributed by atoms with Gasteiger partial charge in [-0.05, 0) is 25.0 Å². The van der Waals surface area contributed by atoms with Crippen LogP contribution in [0.1, 0.15) is 43.8 Å². The molecule has 0 bridgehead atoms. The fraction of sp³-hybridized carbons (Fsp3) is 0.643. The average Bonchev–Trinajstić information content (AvgIpc) is 2.64. The van der Waals surface area contributed by atoms with E-state index in [-0.39, 0.29) is 11.9 Å². The van der Waals surface area contributed by atoms with Crippen LogP contribution in [0.5, 0.6) is 0 Å². The first-order valence-electron chi connectivity index (χ1n) is 6.70. The van der Waals surface area contributed by atoms with Crippen LogP contribution in [0.25, 0.3) is 0 Å². The van der Waals surface area contributed by atoms with Gasteiger partial charge in [-0.1, -0.05) is 12.8 Å². The Labute approximate surface area is 114 Å². The summed E-state index contributed by atoms with van der Waals surface area (Å²) in [5.74, 6) is 0.605. The highest BCUT2D eigenvalue weighted by Crippen LogP contribution is 2.30. The normalized spacial score (nSPS) is 20.8. The van der Waals surface area contributed by atoms with E-state index < -0.39 is 0 Å². The van der Waals surface area contributed by atoms with Crippen molar-refractivity contribution in [2.24, 2.45) is 7.05 Å². The lowest BCUT2D eigenvalue weighted by Gasteiger charge is -2.30. The van der Waals surface area contributed by atoms with Crippen molar-refractivity contribution >= 4 is 17.5 Å². The van der Waals surface area contributed by atoms with Crippen molar-refractivity contribution in [1.29, 1.82) is 0 Å². The summed E-state index contributed by atoms with van der Waals surface area (Å²) in [5, 5.41) is 0. The highest BCUT2D eigenvalue weighted by Gasteiger charge is 2.27. The predicted octanol–water partition coefficient (Wildman–Crippen LogP) is 3.10. The summed E-state index contributed by atoms with van der Waals surface area (Å²) in [5.41, 5.74) is 1.24. The number of hydrogen-bond donors (Lipinski definition) is 0. The number of carbonyl (C=O) groups is 1. The smallest absolute Gasteiger partial charge is 0.224 e. The van der Waals surface area contributed by atoms with Crippen LogP contribution in [0.15, 0.2) is 18.3 Å². The van der Waals surface area contributed by atoms with Gasteiger partial charge in [0.05, 0.1) is 6.04 Å². The maximum Gasteiger partial charge on any atom is 0.224 e. The summed E-state index contributed by atoms with van der Waals surface area (Å²) < 4.78 is 2.12. The van der Waals surface area contributed by atoms with Crippen LogP contribution < -0.4 is 0 Å². The minimum Gasteiger partial charge on any atom is -0.353 e. The quantitative estimate of drug-likeness (QED) is 0.774. The second-order valence-electron chi connectivity index (χ2n) is 4.94. The monoisotopic (exact) mass is 268 g/mol. The van der Waals surface area contributed by atoms with Crippen LogP contribution in [0.3, 0.4) is 0 Å². The molecule has 18 heavy (non-hydrogen) atoms. The number of nitrogens with zero attached hydrogens (tertiary/aromatic N) is 2. The minimum atomic E-state index is 0.193. The SMILES string of the molecule is Cn1cccc1C1CCCCCN1C(=O)CCCl. The van der Waals surface area contributed by atoms with E-state index in [1.807, 2.05) is 24.2 Å². The number of alkyl halides is 1. The molecule has 3 nitrogen and oxygen atoms in total. The predicted molar refractivity (Wildman–Crippen MR) is 73.7 cm³/mol. The van der Waals surface area contributed by atoms with E-state index in [0.717, 1.165) is 19.4 Å². The van der Waals surface area contributed by atoms with Crippen molar-refractivity contribution in [3.63, 3.8) is 0 Å². The molecule has 2 rings (SSSR count). The van der Waals surface area contributed by atoms with Crippen molar-refractivity contribution in [3.05, 3.63) is 24.0 Å². The molecule has 0 saturated carbocycles. The molecule has 1 aromatic rings. The molecule has 1 amide bonds. The Balaban J connectivity index is 2.22. The Morgan fingerprint density at radius 2 is 2.28 bits per heavy atom. The van der Waals surface area contributed by atoms with E-state index >= 15 is 0 Å². The van der Waals surface area contributed by atoms with Gasteiger partial charge in [-0.25, -0.2) is 0 Å². The van der Waals surface area contributed by atoms with Gasteiger partial charge in [0.25, 0.3) is 0 Å². The van der Waals surface area contributed by atoms with Crippen molar-refractivity contribution < 1.29 is 4.79 Å². The molecule has 0 aromatic carbocycles. The number of likely N-dealkylation sites (tertiary alicyclic amines) is 1. The van der Waals surface area contributed by atoms with Gasteiger partial charge >= 0.3 is 0 Å². The van der Waals surface area contributed by atoms with E-state index in [1.165, 1.54) is 18.5 Å². The van der Waals surface area contributed by atoms with E-state index in [1.54, 1.807) is 0 Å². The Kier molecular flexibility index (Phi) is 4.70. The minimum absolute atomic E-state index is 0.193. The Morgan fingerprint density at radius 1 is 1.44 bits per heavy atom. The van der Waals surface area contributed by atoms with E-state index in [4.69, 9.17) is 11.6 Å². The number of aromatic nitrogens is 1. The first kappa shape index (κ1) is 13.5. The Morgan fingerprint density at radius 3 is 2.94 bits per heavy atom. The van der Waals surface area contributed by atoms with Gasteiger partial charge in [0, 0.05) is 37.8 Å². The summed E-state index contributed by atoms with van der Waals surface area (Å²) in [6.07, 6.45) is 7.07. The first-order chi connectivity index (χ1) is 8.74. The summed E-state index contributed by atoms with van der Waals surface area (Å²) >= 11 is 5.71. The molecule has 1 saturated heterocycles. The molecule has 0 aliphatic carbocycles. The summed E-state index contributed by atoms with van der Waals surface area (Å²) in [6.45, 7) is 0.867. The molecule has 1 aromatic heterocycles. The third-order valence-corrected chi connectivity index (χ3v) is 3.90. The molecule has 4 heteroatoms. The molecule has 1 atom stereocenters. The second kappa shape index (κ2) is 6.28. The molecule has 1 aliphatic heterocycles. The fourth-order valence-electron chi connectivity index (χ4n) is 2.76. The maximum atomic E-state index is 12.2. The van der Waals surface area contributed by atoms with Crippen molar-refractivity contribution in [1.82, 2.24) is 9.47 Å². The lowest BCUT2D eigenvalue weighted by atomic mass is 10.1. The zero-order valence-electron chi connectivity index (χ0n) is 10.9.